The summed E-state index contributed by atoms with van der Waals surface area (Å²) in [5.74, 6) is 0.165. The molecule has 2 rings (SSSR count). The van der Waals surface area contributed by atoms with Gasteiger partial charge in [-0.2, -0.15) is 0 Å². The van der Waals surface area contributed by atoms with E-state index in [4.69, 9.17) is 4.74 Å². The summed E-state index contributed by atoms with van der Waals surface area (Å²) in [7, 11) is 1.68. The SMILES string of the molecule is COCC[NH2+]CC(=O)N(Cc1ccccc1)Cc1sccc1C. The third-order valence-corrected chi connectivity index (χ3v) is 4.72. The van der Waals surface area contributed by atoms with Crippen LogP contribution in [0.15, 0.2) is 41.8 Å². The normalized spacial score (nSPS) is 10.7. The van der Waals surface area contributed by atoms with E-state index in [0.717, 1.165) is 12.1 Å². The monoisotopic (exact) mass is 333 g/mol. The van der Waals surface area contributed by atoms with Crippen LogP contribution in [0.3, 0.4) is 0 Å². The van der Waals surface area contributed by atoms with Gasteiger partial charge in [0.15, 0.2) is 6.54 Å². The molecule has 0 unspecified atom stereocenters. The number of methoxy groups -OCH3 is 1. The lowest BCUT2D eigenvalue weighted by Gasteiger charge is -2.22. The van der Waals surface area contributed by atoms with Gasteiger partial charge in [-0.3, -0.25) is 4.79 Å². The molecule has 5 heteroatoms. The van der Waals surface area contributed by atoms with Crippen LogP contribution in [-0.2, 0) is 22.6 Å². The molecule has 4 nitrogen and oxygen atoms in total. The fourth-order valence-corrected chi connectivity index (χ4v) is 3.25. The van der Waals surface area contributed by atoms with Crippen molar-refractivity contribution < 1.29 is 14.8 Å². The molecule has 0 aliphatic carbocycles. The van der Waals surface area contributed by atoms with E-state index >= 15 is 0 Å². The summed E-state index contributed by atoms with van der Waals surface area (Å²) >= 11 is 1.71. The molecule has 0 bridgehead atoms. The molecule has 0 fully saturated rings. The van der Waals surface area contributed by atoms with Crippen molar-refractivity contribution >= 4 is 17.2 Å². The van der Waals surface area contributed by atoms with Gasteiger partial charge in [0, 0.05) is 18.5 Å². The first kappa shape index (κ1) is 17.7. The Morgan fingerprint density at radius 2 is 2.00 bits per heavy atom. The van der Waals surface area contributed by atoms with Gasteiger partial charge in [0.25, 0.3) is 5.91 Å². The maximum atomic E-state index is 12.6. The highest BCUT2D eigenvalue weighted by Crippen LogP contribution is 2.19. The molecule has 0 atom stereocenters. The number of aryl methyl sites for hydroxylation is 1. The average molecular weight is 333 g/mol. The molecule has 23 heavy (non-hydrogen) atoms. The summed E-state index contributed by atoms with van der Waals surface area (Å²) in [6.45, 7) is 5.35. The maximum Gasteiger partial charge on any atom is 0.278 e. The second-order valence-electron chi connectivity index (χ2n) is 5.54. The first-order valence-corrected chi connectivity index (χ1v) is 8.74. The molecule has 1 heterocycles. The van der Waals surface area contributed by atoms with Gasteiger partial charge in [-0.05, 0) is 29.5 Å². The Kier molecular flexibility index (Phi) is 7.26. The van der Waals surface area contributed by atoms with Crippen LogP contribution in [-0.4, -0.2) is 37.6 Å². The number of hydrogen-bond acceptors (Lipinski definition) is 3. The van der Waals surface area contributed by atoms with Crippen molar-refractivity contribution in [3.05, 3.63) is 57.8 Å². The van der Waals surface area contributed by atoms with Gasteiger partial charge in [0.05, 0.1) is 19.7 Å². The van der Waals surface area contributed by atoms with Crippen LogP contribution in [0.1, 0.15) is 16.0 Å². The zero-order valence-corrected chi connectivity index (χ0v) is 14.6. The Hall–Kier alpha value is -1.69. The minimum Gasteiger partial charge on any atom is -0.379 e. The van der Waals surface area contributed by atoms with Crippen LogP contribution in [0.5, 0.6) is 0 Å². The zero-order chi connectivity index (χ0) is 16.5. The largest absolute Gasteiger partial charge is 0.379 e. The predicted octanol–water partition coefficient (Wildman–Crippen LogP) is 1.80. The van der Waals surface area contributed by atoms with Crippen molar-refractivity contribution in [2.45, 2.75) is 20.0 Å². The highest BCUT2D eigenvalue weighted by molar-refractivity contribution is 7.10. The molecule has 0 aliphatic rings. The number of nitrogens with zero attached hydrogens (tertiary/aromatic N) is 1. The van der Waals surface area contributed by atoms with Gasteiger partial charge in [-0.15, -0.1) is 11.3 Å². The van der Waals surface area contributed by atoms with E-state index in [0.29, 0.717) is 26.2 Å². The quantitative estimate of drug-likeness (QED) is 0.711. The topological polar surface area (TPSA) is 46.1 Å². The van der Waals surface area contributed by atoms with Crippen LogP contribution in [0.4, 0.5) is 0 Å². The van der Waals surface area contributed by atoms with Crippen molar-refractivity contribution in [1.82, 2.24) is 4.90 Å². The molecule has 0 radical (unpaired) electrons. The molecular weight excluding hydrogens is 308 g/mol. The summed E-state index contributed by atoms with van der Waals surface area (Å²) < 4.78 is 5.03. The number of nitrogens with two attached hydrogens (primary N) is 1. The zero-order valence-electron chi connectivity index (χ0n) is 13.8. The molecule has 124 valence electrons. The fourth-order valence-electron chi connectivity index (χ4n) is 2.33. The van der Waals surface area contributed by atoms with Crippen molar-refractivity contribution in [2.24, 2.45) is 0 Å². The Balaban J connectivity index is 2.01. The minimum atomic E-state index is 0.165. The van der Waals surface area contributed by atoms with E-state index in [2.05, 4.69) is 30.5 Å². The standard InChI is InChI=1S/C18H24N2O2S/c1-15-8-11-23-17(15)14-20(13-16-6-4-3-5-7-16)18(21)12-19-9-10-22-2/h3-8,11,19H,9-10,12-14H2,1-2H3/p+1. The van der Waals surface area contributed by atoms with Crippen LogP contribution >= 0.6 is 11.3 Å². The van der Waals surface area contributed by atoms with Gasteiger partial charge < -0.3 is 15.0 Å². The van der Waals surface area contributed by atoms with Crippen LogP contribution < -0.4 is 5.32 Å². The number of quaternary nitrogens is 1. The molecule has 2 N–H and O–H groups in total. The van der Waals surface area contributed by atoms with Gasteiger partial charge in [0.1, 0.15) is 0 Å². The number of amides is 1. The molecule has 1 amide bonds. The lowest BCUT2D eigenvalue weighted by Crippen LogP contribution is -2.87. The van der Waals surface area contributed by atoms with Gasteiger partial charge in [-0.1, -0.05) is 30.3 Å². The first-order valence-electron chi connectivity index (χ1n) is 7.86. The van der Waals surface area contributed by atoms with Gasteiger partial charge in [0.2, 0.25) is 0 Å². The second kappa shape index (κ2) is 9.45. The molecule has 0 aliphatic heterocycles. The smallest absolute Gasteiger partial charge is 0.278 e. The number of carbonyl (C=O) groups is 1. The fraction of sp³-hybridized carbons (Fsp3) is 0.389. The Bertz CT molecular complexity index is 598. The third kappa shape index (κ3) is 5.78. The molecule has 1 aromatic heterocycles. The van der Waals surface area contributed by atoms with Crippen molar-refractivity contribution in [2.75, 3.05) is 26.8 Å². The average Bonchev–Trinajstić information content (AvgIpc) is 2.97. The highest BCUT2D eigenvalue weighted by Gasteiger charge is 2.17. The molecule has 1 aromatic carbocycles. The van der Waals surface area contributed by atoms with E-state index in [1.807, 2.05) is 28.4 Å². The van der Waals surface area contributed by atoms with E-state index < -0.39 is 0 Å². The summed E-state index contributed by atoms with van der Waals surface area (Å²) in [6.07, 6.45) is 0. The number of hydrogen-bond donors (Lipinski definition) is 1. The van der Waals surface area contributed by atoms with Crippen LogP contribution in [0.2, 0.25) is 0 Å². The molecule has 0 spiro atoms. The van der Waals surface area contributed by atoms with E-state index in [1.54, 1.807) is 18.4 Å². The predicted molar refractivity (Wildman–Crippen MR) is 93.3 cm³/mol. The number of carbonyl (C=O) groups excluding carboxylic acids is 1. The number of thiophene rings is 1. The van der Waals surface area contributed by atoms with E-state index in [1.165, 1.54) is 10.4 Å². The Labute approximate surface area is 142 Å². The summed E-state index contributed by atoms with van der Waals surface area (Å²) in [6, 6.07) is 12.3. The molecular formula is C18H25N2O2S+. The summed E-state index contributed by atoms with van der Waals surface area (Å²) in [5.41, 5.74) is 2.41. The van der Waals surface area contributed by atoms with E-state index in [-0.39, 0.29) is 5.91 Å². The molecule has 2 aromatic rings. The lowest BCUT2D eigenvalue weighted by molar-refractivity contribution is -0.646. The summed E-state index contributed by atoms with van der Waals surface area (Å²) in [5, 5.41) is 4.09. The maximum absolute atomic E-state index is 12.6. The minimum absolute atomic E-state index is 0.165. The number of ether oxygens (including phenoxy) is 1. The molecule has 0 saturated heterocycles. The Morgan fingerprint density at radius 1 is 1.22 bits per heavy atom. The number of benzene rings is 1. The van der Waals surface area contributed by atoms with Crippen LogP contribution in [0.25, 0.3) is 0 Å². The second-order valence-corrected chi connectivity index (χ2v) is 6.54. The highest BCUT2D eigenvalue weighted by atomic mass is 32.1. The van der Waals surface area contributed by atoms with Crippen molar-refractivity contribution in [3.8, 4) is 0 Å². The van der Waals surface area contributed by atoms with Crippen molar-refractivity contribution in [1.29, 1.82) is 0 Å². The Morgan fingerprint density at radius 3 is 2.65 bits per heavy atom. The third-order valence-electron chi connectivity index (χ3n) is 3.72. The van der Waals surface area contributed by atoms with Gasteiger partial charge in [-0.25, -0.2) is 0 Å². The van der Waals surface area contributed by atoms with E-state index in [9.17, 15) is 4.79 Å². The number of rotatable bonds is 9. The van der Waals surface area contributed by atoms with Crippen LogP contribution in [0, 0.1) is 6.92 Å². The lowest BCUT2D eigenvalue weighted by atomic mass is 10.2. The molecule has 0 saturated carbocycles. The summed E-state index contributed by atoms with van der Waals surface area (Å²) in [4.78, 5) is 15.8. The first-order chi connectivity index (χ1) is 11.2. The van der Waals surface area contributed by atoms with Gasteiger partial charge >= 0.3 is 0 Å². The van der Waals surface area contributed by atoms with Crippen molar-refractivity contribution in [3.63, 3.8) is 0 Å².